The van der Waals surface area contributed by atoms with Gasteiger partial charge in [-0.1, -0.05) is 0 Å². The van der Waals surface area contributed by atoms with Crippen molar-refractivity contribution >= 4 is 5.97 Å². The molecule has 1 fully saturated rings. The summed E-state index contributed by atoms with van der Waals surface area (Å²) in [4.78, 5) is 10.1. The lowest BCUT2D eigenvalue weighted by Gasteiger charge is -2.18. The smallest absolute Gasteiger partial charge is 0.335 e. The van der Waals surface area contributed by atoms with Crippen molar-refractivity contribution in [3.8, 4) is 0 Å². The molecule has 1 saturated heterocycles. The van der Waals surface area contributed by atoms with E-state index in [9.17, 15) is 4.79 Å². The highest BCUT2D eigenvalue weighted by Crippen LogP contribution is 1.99. The molecule has 1 rings (SSSR count). The van der Waals surface area contributed by atoms with E-state index in [1.807, 2.05) is 0 Å². The minimum atomic E-state index is -0.949. The maximum Gasteiger partial charge on any atom is 0.335 e. The van der Waals surface area contributed by atoms with Crippen molar-refractivity contribution < 1.29 is 19.4 Å². The summed E-state index contributed by atoms with van der Waals surface area (Å²) < 4.78 is 9.65. The molecule has 0 amide bonds. The SMILES string of the molecule is O=C(O)[C@H]1COCCO1. The topological polar surface area (TPSA) is 55.8 Å². The first-order chi connectivity index (χ1) is 4.30. The van der Waals surface area contributed by atoms with Gasteiger partial charge in [-0.05, 0) is 0 Å². The van der Waals surface area contributed by atoms with Crippen molar-refractivity contribution in [2.24, 2.45) is 0 Å². The predicted octanol–water partition coefficient (Wildman–Crippen LogP) is -0.514. The van der Waals surface area contributed by atoms with Gasteiger partial charge in [-0.15, -0.1) is 0 Å². The van der Waals surface area contributed by atoms with Crippen molar-refractivity contribution in [1.29, 1.82) is 0 Å². The molecule has 0 radical (unpaired) electrons. The van der Waals surface area contributed by atoms with Gasteiger partial charge in [0.2, 0.25) is 0 Å². The fraction of sp³-hybridized carbons (Fsp3) is 0.800. The predicted molar refractivity (Wildman–Crippen MR) is 28.2 cm³/mol. The second-order valence-corrected chi connectivity index (χ2v) is 1.77. The van der Waals surface area contributed by atoms with Crippen LogP contribution in [0.2, 0.25) is 0 Å². The largest absolute Gasteiger partial charge is 0.479 e. The van der Waals surface area contributed by atoms with Gasteiger partial charge in [-0.25, -0.2) is 4.79 Å². The van der Waals surface area contributed by atoms with Gasteiger partial charge in [-0.2, -0.15) is 0 Å². The first-order valence-electron chi connectivity index (χ1n) is 2.73. The van der Waals surface area contributed by atoms with Gasteiger partial charge in [0.15, 0.2) is 6.10 Å². The van der Waals surface area contributed by atoms with Crippen LogP contribution in [-0.4, -0.2) is 37.0 Å². The molecule has 1 N–H and O–H groups in total. The molecule has 0 aromatic carbocycles. The lowest BCUT2D eigenvalue weighted by atomic mass is 10.4. The molecule has 1 atom stereocenters. The highest BCUT2D eigenvalue weighted by Gasteiger charge is 2.20. The molecule has 0 spiro atoms. The Hall–Kier alpha value is -0.610. The third kappa shape index (κ3) is 1.65. The molecule has 0 aliphatic carbocycles. The van der Waals surface area contributed by atoms with E-state index in [4.69, 9.17) is 14.6 Å². The van der Waals surface area contributed by atoms with Gasteiger partial charge >= 0.3 is 5.97 Å². The normalized spacial score (nSPS) is 27.8. The molecule has 0 aromatic rings. The Balaban J connectivity index is 2.31. The molecular formula is C5H8O4. The number of hydrogen-bond donors (Lipinski definition) is 1. The van der Waals surface area contributed by atoms with Crippen molar-refractivity contribution in [2.45, 2.75) is 6.10 Å². The summed E-state index contributed by atoms with van der Waals surface area (Å²) in [5, 5.41) is 8.33. The van der Waals surface area contributed by atoms with E-state index >= 15 is 0 Å². The molecule has 1 aliphatic rings. The third-order valence-corrected chi connectivity index (χ3v) is 1.09. The fourth-order valence-corrected chi connectivity index (χ4v) is 0.630. The Kier molecular flexibility index (Phi) is 2.02. The summed E-state index contributed by atoms with van der Waals surface area (Å²) in [6.07, 6.45) is -0.751. The number of hydrogen-bond acceptors (Lipinski definition) is 3. The number of aliphatic carboxylic acids is 1. The zero-order chi connectivity index (χ0) is 6.69. The van der Waals surface area contributed by atoms with Gasteiger partial charge in [0.05, 0.1) is 19.8 Å². The Morgan fingerprint density at radius 3 is 2.67 bits per heavy atom. The second-order valence-electron chi connectivity index (χ2n) is 1.77. The van der Waals surface area contributed by atoms with Crippen molar-refractivity contribution in [3.63, 3.8) is 0 Å². The second kappa shape index (κ2) is 2.80. The summed E-state index contributed by atoms with van der Waals surface area (Å²) >= 11 is 0. The Morgan fingerprint density at radius 1 is 1.56 bits per heavy atom. The number of carbonyl (C=O) groups is 1. The van der Waals surface area contributed by atoms with Crippen molar-refractivity contribution in [1.82, 2.24) is 0 Å². The van der Waals surface area contributed by atoms with Crippen LogP contribution in [0, 0.1) is 0 Å². The minimum Gasteiger partial charge on any atom is -0.479 e. The summed E-state index contributed by atoms with van der Waals surface area (Å²) in [5.74, 6) is -0.949. The highest BCUT2D eigenvalue weighted by atomic mass is 16.6. The number of carboxylic acid groups (broad SMARTS) is 1. The van der Waals surface area contributed by atoms with Crippen LogP contribution in [0.3, 0.4) is 0 Å². The van der Waals surface area contributed by atoms with Crippen LogP contribution in [0.1, 0.15) is 0 Å². The molecule has 4 heteroatoms. The molecule has 9 heavy (non-hydrogen) atoms. The monoisotopic (exact) mass is 132 g/mol. The van der Waals surface area contributed by atoms with Crippen molar-refractivity contribution in [3.05, 3.63) is 0 Å². The zero-order valence-corrected chi connectivity index (χ0v) is 4.87. The Morgan fingerprint density at radius 2 is 2.33 bits per heavy atom. The molecular weight excluding hydrogens is 124 g/mol. The minimum absolute atomic E-state index is 0.176. The van der Waals surface area contributed by atoms with E-state index in [1.54, 1.807) is 0 Å². The summed E-state index contributed by atoms with van der Waals surface area (Å²) in [7, 11) is 0. The molecule has 1 aliphatic heterocycles. The highest BCUT2D eigenvalue weighted by molar-refractivity contribution is 5.72. The molecule has 52 valence electrons. The van der Waals surface area contributed by atoms with Gasteiger partial charge in [0, 0.05) is 0 Å². The quantitative estimate of drug-likeness (QED) is 0.522. The van der Waals surface area contributed by atoms with Crippen LogP contribution in [0.5, 0.6) is 0 Å². The van der Waals surface area contributed by atoms with Crippen LogP contribution >= 0.6 is 0 Å². The maximum atomic E-state index is 10.1. The summed E-state index contributed by atoms with van der Waals surface area (Å²) in [5.41, 5.74) is 0. The maximum absolute atomic E-state index is 10.1. The lowest BCUT2D eigenvalue weighted by Crippen LogP contribution is -2.35. The van der Waals surface area contributed by atoms with Gasteiger partial charge in [0.25, 0.3) is 0 Å². The standard InChI is InChI=1S/C5H8O4/c6-5(7)4-3-8-1-2-9-4/h4H,1-3H2,(H,6,7)/t4-/m1/s1. The van der Waals surface area contributed by atoms with Crippen molar-refractivity contribution in [2.75, 3.05) is 19.8 Å². The number of ether oxygens (including phenoxy) is 2. The first kappa shape index (κ1) is 6.51. The average molecular weight is 132 g/mol. The molecule has 0 saturated carbocycles. The zero-order valence-electron chi connectivity index (χ0n) is 4.87. The van der Waals surface area contributed by atoms with Gasteiger partial charge in [-0.3, -0.25) is 0 Å². The Labute approximate surface area is 52.4 Å². The van der Waals surface area contributed by atoms with Gasteiger partial charge in [0.1, 0.15) is 0 Å². The average Bonchev–Trinajstić information content (AvgIpc) is 1.90. The van der Waals surface area contributed by atoms with Crippen LogP contribution in [-0.2, 0) is 14.3 Å². The van der Waals surface area contributed by atoms with E-state index in [0.29, 0.717) is 13.2 Å². The van der Waals surface area contributed by atoms with E-state index in [1.165, 1.54) is 0 Å². The van der Waals surface area contributed by atoms with Crippen LogP contribution < -0.4 is 0 Å². The van der Waals surface area contributed by atoms with E-state index in [2.05, 4.69) is 0 Å². The Bertz CT molecular complexity index is 106. The lowest BCUT2D eigenvalue weighted by molar-refractivity contribution is -0.164. The van der Waals surface area contributed by atoms with Crippen LogP contribution in [0.15, 0.2) is 0 Å². The van der Waals surface area contributed by atoms with E-state index in [-0.39, 0.29) is 6.61 Å². The van der Waals surface area contributed by atoms with Gasteiger partial charge < -0.3 is 14.6 Å². The van der Waals surface area contributed by atoms with Crippen LogP contribution in [0.4, 0.5) is 0 Å². The summed E-state index contributed by atoms with van der Waals surface area (Å²) in [6, 6.07) is 0. The van der Waals surface area contributed by atoms with Crippen LogP contribution in [0.25, 0.3) is 0 Å². The third-order valence-electron chi connectivity index (χ3n) is 1.09. The number of carboxylic acids is 1. The summed E-state index contributed by atoms with van der Waals surface area (Å²) in [6.45, 7) is 1.07. The molecule has 1 heterocycles. The molecule has 4 nitrogen and oxygen atoms in total. The molecule has 0 unspecified atom stereocenters. The molecule has 0 bridgehead atoms. The molecule has 0 aromatic heterocycles. The fourth-order valence-electron chi connectivity index (χ4n) is 0.630. The number of rotatable bonds is 1. The van der Waals surface area contributed by atoms with E-state index < -0.39 is 12.1 Å². The first-order valence-corrected chi connectivity index (χ1v) is 2.73. The van der Waals surface area contributed by atoms with E-state index in [0.717, 1.165) is 0 Å².